The minimum atomic E-state index is -3.77. The van der Waals surface area contributed by atoms with Crippen LogP contribution in [0.2, 0.25) is 0 Å². The molecule has 2 N–H and O–H groups in total. The molecular weight excluding hydrogens is 434 g/mol. The number of sulfonamides is 1. The molecule has 0 radical (unpaired) electrons. The van der Waals surface area contributed by atoms with Crippen molar-refractivity contribution in [3.8, 4) is 0 Å². The van der Waals surface area contributed by atoms with Crippen LogP contribution >= 0.6 is 0 Å². The molecule has 7 heteroatoms. The summed E-state index contributed by atoms with van der Waals surface area (Å²) in [6.45, 7) is 10.3. The quantitative estimate of drug-likeness (QED) is 0.610. The maximum absolute atomic E-state index is 13.8. The van der Waals surface area contributed by atoms with Crippen molar-refractivity contribution in [2.75, 3.05) is 41.9 Å². The average molecular weight is 472 g/mol. The van der Waals surface area contributed by atoms with Crippen LogP contribution in [0, 0.1) is 11.8 Å². The van der Waals surface area contributed by atoms with Crippen molar-refractivity contribution in [1.82, 2.24) is 5.32 Å². The summed E-state index contributed by atoms with van der Waals surface area (Å²) in [7, 11) is -3.77. The molecule has 4 rings (SSSR count). The van der Waals surface area contributed by atoms with Gasteiger partial charge in [-0.05, 0) is 80.1 Å². The molecule has 0 aliphatic carbocycles. The number of fused-ring (bicyclic) bond motifs is 1. The third-order valence-corrected chi connectivity index (χ3v) is 8.55. The highest BCUT2D eigenvalue weighted by molar-refractivity contribution is 7.92. The predicted molar refractivity (Wildman–Crippen MR) is 134 cm³/mol. The van der Waals surface area contributed by atoms with E-state index in [0.29, 0.717) is 24.6 Å². The van der Waals surface area contributed by atoms with Gasteiger partial charge in [0, 0.05) is 30.9 Å². The number of nitrogens with one attached hydrogen (secondary N) is 1. The molecule has 6 nitrogen and oxygen atoms in total. The summed E-state index contributed by atoms with van der Waals surface area (Å²) in [5.74, 6) is 0.758. The first-order valence-corrected chi connectivity index (χ1v) is 13.6. The number of aryl methyl sites for hydroxylation is 1. The summed E-state index contributed by atoms with van der Waals surface area (Å²) in [4.78, 5) is 2.55. The number of rotatable bonds is 8. The van der Waals surface area contributed by atoms with E-state index in [-0.39, 0.29) is 10.8 Å². The molecule has 0 spiro atoms. The fourth-order valence-electron chi connectivity index (χ4n) is 4.87. The summed E-state index contributed by atoms with van der Waals surface area (Å²) in [5.41, 5.74) is 3.53. The van der Waals surface area contributed by atoms with E-state index >= 15 is 0 Å². The van der Waals surface area contributed by atoms with Crippen LogP contribution in [0.4, 0.5) is 11.4 Å². The van der Waals surface area contributed by atoms with Crippen molar-refractivity contribution in [3.63, 3.8) is 0 Å². The van der Waals surface area contributed by atoms with E-state index in [4.69, 9.17) is 0 Å². The van der Waals surface area contributed by atoms with Crippen LogP contribution in [-0.4, -0.2) is 46.2 Å². The van der Waals surface area contributed by atoms with Crippen LogP contribution in [0.15, 0.2) is 47.4 Å². The zero-order valence-corrected chi connectivity index (χ0v) is 20.8. The van der Waals surface area contributed by atoms with Crippen molar-refractivity contribution in [1.29, 1.82) is 0 Å². The maximum Gasteiger partial charge on any atom is 0.264 e. The van der Waals surface area contributed by atoms with E-state index in [1.54, 1.807) is 12.1 Å². The monoisotopic (exact) mass is 471 g/mol. The maximum atomic E-state index is 13.8. The predicted octanol–water partition coefficient (Wildman–Crippen LogP) is 3.95. The molecule has 33 heavy (non-hydrogen) atoms. The third-order valence-electron chi connectivity index (χ3n) is 6.76. The Kier molecular flexibility index (Phi) is 7.31. The Labute approximate surface area is 198 Å². The molecule has 2 atom stereocenters. The Morgan fingerprint density at radius 3 is 2.55 bits per heavy atom. The zero-order chi connectivity index (χ0) is 23.6. The van der Waals surface area contributed by atoms with Gasteiger partial charge < -0.3 is 15.3 Å². The van der Waals surface area contributed by atoms with Crippen molar-refractivity contribution >= 4 is 21.4 Å². The van der Waals surface area contributed by atoms with Gasteiger partial charge >= 0.3 is 0 Å². The first-order chi connectivity index (χ1) is 15.8. The van der Waals surface area contributed by atoms with Gasteiger partial charge in [-0.3, -0.25) is 4.31 Å². The fourth-order valence-corrected chi connectivity index (χ4v) is 6.54. The zero-order valence-electron chi connectivity index (χ0n) is 20.0. The van der Waals surface area contributed by atoms with Gasteiger partial charge in [-0.25, -0.2) is 8.42 Å². The third kappa shape index (κ3) is 5.20. The molecule has 0 bridgehead atoms. The Morgan fingerprint density at radius 2 is 1.91 bits per heavy atom. The van der Waals surface area contributed by atoms with Crippen LogP contribution < -0.4 is 14.5 Å². The van der Waals surface area contributed by atoms with Crippen molar-refractivity contribution in [2.24, 2.45) is 11.8 Å². The van der Waals surface area contributed by atoms with Gasteiger partial charge in [-0.1, -0.05) is 32.9 Å². The van der Waals surface area contributed by atoms with E-state index < -0.39 is 16.1 Å². The van der Waals surface area contributed by atoms with Gasteiger partial charge in [-0.2, -0.15) is 0 Å². The van der Waals surface area contributed by atoms with Gasteiger partial charge in [0.2, 0.25) is 0 Å². The molecule has 0 aromatic heterocycles. The van der Waals surface area contributed by atoms with Crippen molar-refractivity contribution in [2.45, 2.75) is 51.0 Å². The van der Waals surface area contributed by atoms with Crippen molar-refractivity contribution in [3.05, 3.63) is 53.6 Å². The summed E-state index contributed by atoms with van der Waals surface area (Å²) < 4.78 is 29.1. The SMILES string of the molecule is CCc1ccc(N(CC(C)C)S(=O)(=O)c2ccc3c(c2)C(O)CCN3CC2CCNC2)cc1. The Morgan fingerprint density at radius 1 is 1.15 bits per heavy atom. The fraction of sp³-hybridized carbons (Fsp3) is 0.538. The molecule has 0 saturated carbocycles. The first-order valence-electron chi connectivity index (χ1n) is 12.2. The molecule has 1 saturated heterocycles. The molecule has 2 heterocycles. The number of benzene rings is 2. The highest BCUT2D eigenvalue weighted by atomic mass is 32.2. The second-order valence-electron chi connectivity index (χ2n) is 9.78. The second-order valence-corrected chi connectivity index (χ2v) is 11.6. The highest BCUT2D eigenvalue weighted by Gasteiger charge is 2.31. The van der Waals surface area contributed by atoms with Gasteiger partial charge in [0.05, 0.1) is 16.7 Å². The first kappa shape index (κ1) is 24.0. The number of aliphatic hydroxyl groups is 1. The smallest absolute Gasteiger partial charge is 0.264 e. The van der Waals surface area contributed by atoms with Gasteiger partial charge in [0.15, 0.2) is 0 Å². The summed E-state index contributed by atoms with van der Waals surface area (Å²) >= 11 is 0. The molecule has 2 aromatic carbocycles. The standard InChI is InChI=1S/C26H37N3O3S/c1-4-20-5-7-22(8-6-20)29(17-19(2)3)33(31,32)23-9-10-25-24(15-23)26(30)12-14-28(25)18-21-11-13-27-16-21/h5-10,15,19,21,26-27,30H,4,11-14,16-18H2,1-3H3. The molecule has 180 valence electrons. The Bertz CT molecular complexity index is 1050. The van der Waals surface area contributed by atoms with Crippen LogP contribution in [0.25, 0.3) is 0 Å². The number of nitrogens with zero attached hydrogens (tertiary/aromatic N) is 2. The van der Waals surface area contributed by atoms with Crippen LogP contribution in [0.3, 0.4) is 0 Å². The van der Waals surface area contributed by atoms with E-state index in [1.807, 2.05) is 44.2 Å². The van der Waals surface area contributed by atoms with Gasteiger partial charge in [-0.15, -0.1) is 0 Å². The topological polar surface area (TPSA) is 72.9 Å². The molecule has 2 aromatic rings. The van der Waals surface area contributed by atoms with E-state index in [9.17, 15) is 13.5 Å². The molecule has 2 aliphatic heterocycles. The number of aliphatic hydroxyl groups excluding tert-OH is 1. The van der Waals surface area contributed by atoms with E-state index in [0.717, 1.165) is 50.3 Å². The molecule has 1 fully saturated rings. The number of hydrogen-bond acceptors (Lipinski definition) is 5. The molecule has 0 amide bonds. The average Bonchev–Trinajstić information content (AvgIpc) is 3.32. The molecule has 2 unspecified atom stereocenters. The lowest BCUT2D eigenvalue weighted by atomic mass is 9.97. The normalized spacial score (nSPS) is 20.8. The number of anilines is 2. The summed E-state index contributed by atoms with van der Waals surface area (Å²) in [6, 6.07) is 13.1. The van der Waals surface area contributed by atoms with Crippen LogP contribution in [-0.2, 0) is 16.4 Å². The second kappa shape index (κ2) is 10.0. The van der Waals surface area contributed by atoms with E-state index in [2.05, 4.69) is 17.1 Å². The largest absolute Gasteiger partial charge is 0.388 e. The number of hydrogen-bond donors (Lipinski definition) is 2. The summed E-state index contributed by atoms with van der Waals surface area (Å²) in [6.07, 6.45) is 2.04. The van der Waals surface area contributed by atoms with Gasteiger partial charge in [0.25, 0.3) is 10.0 Å². The van der Waals surface area contributed by atoms with Crippen LogP contribution in [0.1, 0.15) is 50.8 Å². The lowest BCUT2D eigenvalue weighted by molar-refractivity contribution is 0.163. The molecular formula is C26H37N3O3S. The lowest BCUT2D eigenvalue weighted by Crippen LogP contribution is -2.37. The van der Waals surface area contributed by atoms with Crippen molar-refractivity contribution < 1.29 is 13.5 Å². The van der Waals surface area contributed by atoms with E-state index in [1.165, 1.54) is 9.87 Å². The molecule has 2 aliphatic rings. The Balaban J connectivity index is 1.67. The minimum Gasteiger partial charge on any atom is -0.388 e. The highest BCUT2D eigenvalue weighted by Crippen LogP contribution is 2.37. The lowest BCUT2D eigenvalue weighted by Gasteiger charge is -2.36. The summed E-state index contributed by atoms with van der Waals surface area (Å²) in [5, 5.41) is 14.2. The minimum absolute atomic E-state index is 0.171. The van der Waals surface area contributed by atoms with Gasteiger partial charge in [0.1, 0.15) is 0 Å². The van der Waals surface area contributed by atoms with Crippen LogP contribution in [0.5, 0.6) is 0 Å². The Hall–Kier alpha value is -2.09.